The Morgan fingerprint density at radius 3 is 2.90 bits per heavy atom. The van der Waals surface area contributed by atoms with E-state index in [0.717, 1.165) is 23.1 Å². The lowest BCUT2D eigenvalue weighted by Crippen LogP contribution is -2.22. The number of hydrogen-bond acceptors (Lipinski definition) is 7. The van der Waals surface area contributed by atoms with Crippen LogP contribution in [0.15, 0.2) is 46.9 Å². The zero-order valence-electron chi connectivity index (χ0n) is 16.4. The van der Waals surface area contributed by atoms with Gasteiger partial charge in [0.2, 0.25) is 0 Å². The van der Waals surface area contributed by atoms with Gasteiger partial charge in [-0.25, -0.2) is 15.0 Å². The van der Waals surface area contributed by atoms with Crippen LogP contribution in [0.3, 0.4) is 0 Å². The molecule has 1 aliphatic carbocycles. The molecule has 4 aromatic rings. The van der Waals surface area contributed by atoms with Crippen molar-refractivity contribution in [3.05, 3.63) is 63.5 Å². The fraction of sp³-hybridized carbons (Fsp3) is 0.273. The first kappa shape index (κ1) is 19.3. The molecule has 8 heteroatoms. The number of aryl methyl sites for hydroxylation is 2. The van der Waals surface area contributed by atoms with E-state index in [1.54, 1.807) is 28.0 Å². The minimum atomic E-state index is -0.0650. The number of hydrogen-bond donors (Lipinski definition) is 1. The van der Waals surface area contributed by atoms with Gasteiger partial charge in [0.25, 0.3) is 5.56 Å². The quantitative estimate of drug-likeness (QED) is 0.285. The van der Waals surface area contributed by atoms with E-state index in [2.05, 4.69) is 11.6 Å². The molecule has 1 aromatic carbocycles. The maximum Gasteiger partial charge on any atom is 0.262 e. The number of para-hydroxylation sites is 1. The molecule has 152 valence electrons. The van der Waals surface area contributed by atoms with Crippen LogP contribution in [0.1, 0.15) is 29.1 Å². The molecule has 0 spiro atoms. The molecule has 0 atom stereocenters. The zero-order valence-corrected chi connectivity index (χ0v) is 18.1. The van der Waals surface area contributed by atoms with Crippen molar-refractivity contribution in [1.82, 2.24) is 19.5 Å². The number of aromatic nitrogens is 4. The summed E-state index contributed by atoms with van der Waals surface area (Å²) in [7, 11) is 0. The summed E-state index contributed by atoms with van der Waals surface area (Å²) in [5.74, 6) is 1.71. The summed E-state index contributed by atoms with van der Waals surface area (Å²) < 4.78 is 1.64. The van der Waals surface area contributed by atoms with Gasteiger partial charge in [0.15, 0.2) is 5.16 Å². The second kappa shape index (κ2) is 7.85. The van der Waals surface area contributed by atoms with Crippen molar-refractivity contribution in [1.29, 1.82) is 0 Å². The number of nitrogen functional groups attached to an aromatic ring is 1. The Bertz CT molecular complexity index is 1340. The minimum absolute atomic E-state index is 0.0650. The SMILES string of the molecule is C=CCn1c(SCc2nc(N)c3c4c(sc3n2)CCCC4)nc2ccccc2c1=O. The number of allylic oxidation sites excluding steroid dienone is 1. The summed E-state index contributed by atoms with van der Waals surface area (Å²) in [6.45, 7) is 4.18. The monoisotopic (exact) mass is 435 g/mol. The van der Waals surface area contributed by atoms with Crippen LogP contribution in [0.2, 0.25) is 0 Å². The van der Waals surface area contributed by atoms with E-state index < -0.39 is 0 Å². The van der Waals surface area contributed by atoms with E-state index in [9.17, 15) is 4.79 Å². The summed E-state index contributed by atoms with van der Waals surface area (Å²) >= 11 is 3.19. The molecule has 0 radical (unpaired) electrons. The van der Waals surface area contributed by atoms with Crippen LogP contribution >= 0.6 is 23.1 Å². The van der Waals surface area contributed by atoms with Crippen molar-refractivity contribution < 1.29 is 0 Å². The normalized spacial score (nSPS) is 13.6. The highest BCUT2D eigenvalue weighted by Crippen LogP contribution is 2.38. The third kappa shape index (κ3) is 3.30. The predicted octanol–water partition coefficient (Wildman–Crippen LogP) is 4.34. The van der Waals surface area contributed by atoms with Crippen LogP contribution in [0.25, 0.3) is 21.1 Å². The highest BCUT2D eigenvalue weighted by Gasteiger charge is 2.20. The molecule has 2 N–H and O–H groups in total. The lowest BCUT2D eigenvalue weighted by Gasteiger charge is -2.12. The standard InChI is InChI=1S/C22H21N5OS2/c1-2-11-27-21(28)13-7-3-5-9-15(13)24-22(27)29-12-17-25-19(23)18-14-8-4-6-10-16(14)30-20(18)26-17/h2-3,5,7,9H,1,4,6,8,10-12H2,(H2,23,25,26). The van der Waals surface area contributed by atoms with E-state index in [0.29, 0.717) is 40.0 Å². The summed E-state index contributed by atoms with van der Waals surface area (Å²) in [5.41, 5.74) is 8.30. The lowest BCUT2D eigenvalue weighted by atomic mass is 9.97. The Morgan fingerprint density at radius 2 is 2.03 bits per heavy atom. The number of nitrogens with two attached hydrogens (primary N) is 1. The lowest BCUT2D eigenvalue weighted by molar-refractivity contribution is 0.671. The number of thioether (sulfide) groups is 1. The van der Waals surface area contributed by atoms with Gasteiger partial charge in [-0.2, -0.15) is 0 Å². The van der Waals surface area contributed by atoms with Crippen LogP contribution in [0, 0.1) is 0 Å². The molecule has 5 rings (SSSR count). The number of rotatable bonds is 5. The van der Waals surface area contributed by atoms with Gasteiger partial charge in [0.1, 0.15) is 16.5 Å². The van der Waals surface area contributed by atoms with E-state index >= 15 is 0 Å². The second-order valence-electron chi connectivity index (χ2n) is 7.32. The molecule has 0 aliphatic heterocycles. The fourth-order valence-corrected chi connectivity index (χ4v) is 6.12. The topological polar surface area (TPSA) is 86.7 Å². The maximum absolute atomic E-state index is 12.9. The molecule has 6 nitrogen and oxygen atoms in total. The predicted molar refractivity (Wildman–Crippen MR) is 124 cm³/mol. The first-order valence-corrected chi connectivity index (χ1v) is 11.8. The van der Waals surface area contributed by atoms with E-state index in [1.165, 1.54) is 35.0 Å². The zero-order chi connectivity index (χ0) is 20.7. The van der Waals surface area contributed by atoms with E-state index in [-0.39, 0.29) is 5.56 Å². The molecule has 0 fully saturated rings. The number of fused-ring (bicyclic) bond motifs is 4. The Morgan fingerprint density at radius 1 is 1.20 bits per heavy atom. The Balaban J connectivity index is 1.51. The molecule has 0 bridgehead atoms. The average Bonchev–Trinajstić information content (AvgIpc) is 3.13. The van der Waals surface area contributed by atoms with Crippen molar-refractivity contribution >= 4 is 50.0 Å². The highest BCUT2D eigenvalue weighted by atomic mass is 32.2. The average molecular weight is 436 g/mol. The van der Waals surface area contributed by atoms with Gasteiger partial charge in [0, 0.05) is 11.4 Å². The summed E-state index contributed by atoms with van der Waals surface area (Å²) in [4.78, 5) is 29.3. The molecular weight excluding hydrogens is 414 g/mol. The maximum atomic E-state index is 12.9. The number of benzene rings is 1. The molecule has 30 heavy (non-hydrogen) atoms. The minimum Gasteiger partial charge on any atom is -0.383 e. The number of nitrogens with zero attached hydrogens (tertiary/aromatic N) is 4. The molecule has 0 saturated carbocycles. The van der Waals surface area contributed by atoms with E-state index in [1.807, 2.05) is 18.2 Å². The van der Waals surface area contributed by atoms with Crippen LogP contribution in [0.5, 0.6) is 0 Å². The second-order valence-corrected chi connectivity index (χ2v) is 9.35. The Labute approximate surface area is 181 Å². The number of thiophene rings is 1. The van der Waals surface area contributed by atoms with Crippen molar-refractivity contribution in [3.63, 3.8) is 0 Å². The van der Waals surface area contributed by atoms with Gasteiger partial charge >= 0.3 is 0 Å². The van der Waals surface area contributed by atoms with Crippen molar-refractivity contribution in [2.24, 2.45) is 0 Å². The third-order valence-corrected chi connectivity index (χ3v) is 7.52. The third-order valence-electron chi connectivity index (χ3n) is 5.36. The van der Waals surface area contributed by atoms with Gasteiger partial charge in [-0.1, -0.05) is 30.0 Å². The smallest absolute Gasteiger partial charge is 0.262 e. The van der Waals surface area contributed by atoms with Gasteiger partial charge in [-0.3, -0.25) is 9.36 Å². The summed E-state index contributed by atoms with van der Waals surface area (Å²) in [5, 5.41) is 2.27. The van der Waals surface area contributed by atoms with Crippen molar-refractivity contribution in [2.45, 2.75) is 43.1 Å². The molecular formula is C22H21N5OS2. The summed E-state index contributed by atoms with van der Waals surface area (Å²) in [6.07, 6.45) is 6.30. The van der Waals surface area contributed by atoms with E-state index in [4.69, 9.17) is 15.7 Å². The largest absolute Gasteiger partial charge is 0.383 e. The van der Waals surface area contributed by atoms with Crippen LogP contribution < -0.4 is 11.3 Å². The molecule has 0 unspecified atom stereocenters. The van der Waals surface area contributed by atoms with Crippen LogP contribution in [-0.4, -0.2) is 19.5 Å². The van der Waals surface area contributed by atoms with Gasteiger partial charge < -0.3 is 5.73 Å². The first-order valence-electron chi connectivity index (χ1n) is 9.95. The van der Waals surface area contributed by atoms with Crippen molar-refractivity contribution in [3.8, 4) is 0 Å². The molecule has 0 amide bonds. The van der Waals surface area contributed by atoms with Gasteiger partial charge in [0.05, 0.1) is 22.0 Å². The Kier molecular flexibility index (Phi) is 5.04. The first-order chi connectivity index (χ1) is 14.7. The van der Waals surface area contributed by atoms with Crippen molar-refractivity contribution in [2.75, 3.05) is 5.73 Å². The molecule has 3 heterocycles. The molecule has 0 saturated heterocycles. The molecule has 3 aromatic heterocycles. The fourth-order valence-electron chi connectivity index (χ4n) is 3.97. The van der Waals surface area contributed by atoms with Gasteiger partial charge in [-0.15, -0.1) is 17.9 Å². The molecule has 1 aliphatic rings. The Hall–Kier alpha value is -2.71. The van der Waals surface area contributed by atoms with Crippen LogP contribution in [0.4, 0.5) is 5.82 Å². The van der Waals surface area contributed by atoms with Crippen LogP contribution in [-0.2, 0) is 25.1 Å². The van der Waals surface area contributed by atoms with Gasteiger partial charge in [-0.05, 0) is 43.4 Å². The highest BCUT2D eigenvalue weighted by molar-refractivity contribution is 7.98. The number of anilines is 1. The summed E-state index contributed by atoms with van der Waals surface area (Å²) in [6, 6.07) is 7.39.